The number of amides is 1. The topological polar surface area (TPSA) is 82.2 Å². The van der Waals surface area contributed by atoms with E-state index in [1.807, 2.05) is 0 Å². The van der Waals surface area contributed by atoms with E-state index >= 15 is 0 Å². The summed E-state index contributed by atoms with van der Waals surface area (Å²) in [4.78, 5) is 11.8. The smallest absolute Gasteiger partial charge is 0.364 e. The van der Waals surface area contributed by atoms with Crippen molar-refractivity contribution < 1.29 is 22.7 Å². The lowest BCUT2D eigenvalue weighted by molar-refractivity contribution is -0.142. The second-order valence-corrected chi connectivity index (χ2v) is 4.59. The van der Waals surface area contributed by atoms with Crippen LogP contribution in [0.15, 0.2) is 12.4 Å². The van der Waals surface area contributed by atoms with Gasteiger partial charge in [-0.25, -0.2) is 0 Å². The van der Waals surface area contributed by atoms with Crippen molar-refractivity contribution in [2.24, 2.45) is 5.73 Å². The second kappa shape index (κ2) is 5.80. The van der Waals surface area contributed by atoms with Crippen LogP contribution < -0.4 is 11.1 Å². The molecule has 1 saturated heterocycles. The number of alkyl halides is 3. The molecule has 1 fully saturated rings. The van der Waals surface area contributed by atoms with Gasteiger partial charge in [-0.05, 0) is 12.8 Å². The monoisotopic (exact) mass is 292 g/mol. The maximum absolute atomic E-state index is 12.2. The summed E-state index contributed by atoms with van der Waals surface area (Å²) in [5.74, 6) is -0.396. The number of nitrogens with zero attached hydrogens (tertiary/aromatic N) is 2. The Morgan fingerprint density at radius 1 is 1.55 bits per heavy atom. The highest BCUT2D eigenvalue weighted by molar-refractivity contribution is 5.94. The number of aromatic nitrogens is 2. The molecule has 0 saturated carbocycles. The largest absolute Gasteiger partial charge is 0.408 e. The lowest BCUT2D eigenvalue weighted by atomic mass is 10.2. The zero-order valence-electron chi connectivity index (χ0n) is 10.6. The number of ether oxygens (including phenoxy) is 1. The second-order valence-electron chi connectivity index (χ2n) is 4.59. The molecule has 1 amide bonds. The first-order chi connectivity index (χ1) is 9.37. The van der Waals surface area contributed by atoms with Gasteiger partial charge in [-0.3, -0.25) is 9.48 Å². The molecule has 0 unspecified atom stereocenters. The van der Waals surface area contributed by atoms with Gasteiger partial charge < -0.3 is 15.8 Å². The van der Waals surface area contributed by atoms with Crippen molar-refractivity contribution in [2.75, 3.05) is 11.9 Å². The van der Waals surface area contributed by atoms with Gasteiger partial charge in [0.25, 0.3) is 5.91 Å². The first-order valence-corrected chi connectivity index (χ1v) is 6.13. The standard InChI is InChI=1S/C11H15F3N4O2/c12-11(13,14)6-18-5-7(4-16-18)17-10(19)9-2-1-8(3-15)20-9/h4-5,8-9H,1-3,6,15H2,(H,17,19)/t8-,9+/m1/s1. The van der Waals surface area contributed by atoms with E-state index in [1.165, 1.54) is 6.20 Å². The van der Waals surface area contributed by atoms with Crippen LogP contribution in [0.5, 0.6) is 0 Å². The average molecular weight is 292 g/mol. The number of nitrogens with one attached hydrogen (secondary N) is 1. The molecular formula is C11H15F3N4O2. The normalized spacial score (nSPS) is 23.0. The predicted molar refractivity (Wildman–Crippen MR) is 63.9 cm³/mol. The van der Waals surface area contributed by atoms with Crippen molar-refractivity contribution in [2.45, 2.75) is 37.8 Å². The molecule has 0 aliphatic carbocycles. The minimum absolute atomic E-state index is 0.140. The van der Waals surface area contributed by atoms with E-state index in [0.717, 1.165) is 6.20 Å². The third kappa shape index (κ3) is 3.94. The number of hydrogen-bond donors (Lipinski definition) is 2. The fourth-order valence-corrected chi connectivity index (χ4v) is 1.99. The molecule has 2 rings (SSSR count). The minimum Gasteiger partial charge on any atom is -0.364 e. The molecule has 0 aromatic carbocycles. The van der Waals surface area contributed by atoms with Crippen LogP contribution in [-0.2, 0) is 16.1 Å². The van der Waals surface area contributed by atoms with Gasteiger partial charge in [0.1, 0.15) is 12.6 Å². The van der Waals surface area contributed by atoms with Crippen LogP contribution >= 0.6 is 0 Å². The molecule has 0 radical (unpaired) electrons. The number of anilines is 1. The quantitative estimate of drug-likeness (QED) is 0.863. The van der Waals surface area contributed by atoms with Crippen LogP contribution in [0.3, 0.4) is 0 Å². The summed E-state index contributed by atoms with van der Waals surface area (Å²) in [6.07, 6.45) is -1.57. The summed E-state index contributed by atoms with van der Waals surface area (Å²) >= 11 is 0. The SMILES string of the molecule is NC[C@H]1CC[C@@H](C(=O)Nc2cnn(CC(F)(F)F)c2)O1. The van der Waals surface area contributed by atoms with Gasteiger partial charge in [0.2, 0.25) is 0 Å². The fourth-order valence-electron chi connectivity index (χ4n) is 1.99. The van der Waals surface area contributed by atoms with Crippen LogP contribution in [0, 0.1) is 0 Å². The van der Waals surface area contributed by atoms with Crippen LogP contribution in [0.1, 0.15) is 12.8 Å². The Labute approximate surface area is 113 Å². The van der Waals surface area contributed by atoms with E-state index in [0.29, 0.717) is 24.1 Å². The molecule has 0 bridgehead atoms. The van der Waals surface area contributed by atoms with Crippen molar-refractivity contribution in [3.63, 3.8) is 0 Å². The van der Waals surface area contributed by atoms with E-state index in [4.69, 9.17) is 10.5 Å². The molecule has 1 aliphatic rings. The molecule has 1 aromatic heterocycles. The van der Waals surface area contributed by atoms with Gasteiger partial charge in [0.15, 0.2) is 0 Å². The molecule has 6 nitrogen and oxygen atoms in total. The molecule has 9 heteroatoms. The van der Waals surface area contributed by atoms with E-state index in [2.05, 4.69) is 10.4 Å². The maximum Gasteiger partial charge on any atom is 0.408 e. The van der Waals surface area contributed by atoms with Crippen molar-refractivity contribution in [1.82, 2.24) is 9.78 Å². The molecule has 1 aliphatic heterocycles. The zero-order chi connectivity index (χ0) is 14.8. The van der Waals surface area contributed by atoms with E-state index in [9.17, 15) is 18.0 Å². The summed E-state index contributed by atoms with van der Waals surface area (Å²) in [5.41, 5.74) is 5.64. The molecule has 2 heterocycles. The minimum atomic E-state index is -4.35. The molecule has 0 spiro atoms. The van der Waals surface area contributed by atoms with Crippen LogP contribution in [0.4, 0.5) is 18.9 Å². The summed E-state index contributed by atoms with van der Waals surface area (Å²) in [6, 6.07) is 0. The van der Waals surface area contributed by atoms with Gasteiger partial charge in [0, 0.05) is 12.7 Å². The Morgan fingerprint density at radius 3 is 2.90 bits per heavy atom. The van der Waals surface area contributed by atoms with Gasteiger partial charge in [0.05, 0.1) is 18.0 Å². The number of rotatable bonds is 4. The zero-order valence-corrected chi connectivity index (χ0v) is 10.6. The molecule has 20 heavy (non-hydrogen) atoms. The van der Waals surface area contributed by atoms with Crippen LogP contribution in [-0.4, -0.2) is 40.6 Å². The Kier molecular flexibility index (Phi) is 4.29. The third-order valence-corrected chi connectivity index (χ3v) is 2.90. The third-order valence-electron chi connectivity index (χ3n) is 2.90. The van der Waals surface area contributed by atoms with Gasteiger partial charge >= 0.3 is 6.18 Å². The van der Waals surface area contributed by atoms with Crippen LogP contribution in [0.2, 0.25) is 0 Å². The maximum atomic E-state index is 12.2. The number of carbonyl (C=O) groups is 1. The summed E-state index contributed by atoms with van der Waals surface area (Å²) < 4.78 is 42.6. The van der Waals surface area contributed by atoms with E-state index in [-0.39, 0.29) is 11.8 Å². The predicted octanol–water partition coefficient (Wildman–Crippen LogP) is 0.890. The Hall–Kier alpha value is -1.61. The Morgan fingerprint density at radius 2 is 2.30 bits per heavy atom. The molecular weight excluding hydrogens is 277 g/mol. The van der Waals surface area contributed by atoms with Crippen molar-refractivity contribution in [1.29, 1.82) is 0 Å². The first-order valence-electron chi connectivity index (χ1n) is 6.13. The Balaban J connectivity index is 1.89. The van der Waals surface area contributed by atoms with E-state index in [1.54, 1.807) is 0 Å². The molecule has 3 N–H and O–H groups in total. The number of carbonyl (C=O) groups excluding carboxylic acids is 1. The van der Waals surface area contributed by atoms with Gasteiger partial charge in [-0.2, -0.15) is 18.3 Å². The van der Waals surface area contributed by atoms with E-state index < -0.39 is 24.7 Å². The number of hydrogen-bond acceptors (Lipinski definition) is 4. The summed E-state index contributed by atoms with van der Waals surface area (Å²) in [6.45, 7) is -0.856. The highest BCUT2D eigenvalue weighted by Gasteiger charge is 2.31. The van der Waals surface area contributed by atoms with Gasteiger partial charge in [-0.15, -0.1) is 0 Å². The summed E-state index contributed by atoms with van der Waals surface area (Å²) in [5, 5.41) is 6.01. The number of nitrogens with two attached hydrogens (primary N) is 1. The fraction of sp³-hybridized carbons (Fsp3) is 0.636. The molecule has 2 atom stereocenters. The van der Waals surface area contributed by atoms with Crippen molar-refractivity contribution in [3.8, 4) is 0 Å². The first kappa shape index (κ1) is 14.8. The lowest BCUT2D eigenvalue weighted by Crippen LogP contribution is -2.29. The average Bonchev–Trinajstić information content (AvgIpc) is 2.96. The highest BCUT2D eigenvalue weighted by atomic mass is 19.4. The van der Waals surface area contributed by atoms with Crippen molar-refractivity contribution in [3.05, 3.63) is 12.4 Å². The number of halogens is 3. The molecule has 1 aromatic rings. The lowest BCUT2D eigenvalue weighted by Gasteiger charge is -2.11. The molecule has 112 valence electrons. The van der Waals surface area contributed by atoms with Crippen LogP contribution in [0.25, 0.3) is 0 Å². The van der Waals surface area contributed by atoms with Crippen molar-refractivity contribution >= 4 is 11.6 Å². The van der Waals surface area contributed by atoms with Gasteiger partial charge in [-0.1, -0.05) is 0 Å². The Bertz CT molecular complexity index is 474. The highest BCUT2D eigenvalue weighted by Crippen LogP contribution is 2.21. The summed E-state index contributed by atoms with van der Waals surface area (Å²) in [7, 11) is 0.